The summed E-state index contributed by atoms with van der Waals surface area (Å²) in [6, 6.07) is 8.82. The van der Waals surface area contributed by atoms with Gasteiger partial charge in [-0.2, -0.15) is 0 Å². The van der Waals surface area contributed by atoms with E-state index in [-0.39, 0.29) is 18.0 Å². The zero-order valence-electron chi connectivity index (χ0n) is 11.4. The van der Waals surface area contributed by atoms with Crippen molar-refractivity contribution in [2.45, 2.75) is 25.4 Å². The molecule has 1 aromatic heterocycles. The van der Waals surface area contributed by atoms with Crippen LogP contribution in [0.2, 0.25) is 0 Å². The Morgan fingerprint density at radius 2 is 2.20 bits per heavy atom. The number of carbonyl (C=O) groups excluding carboxylic acids is 1. The van der Waals surface area contributed by atoms with Crippen molar-refractivity contribution >= 4 is 5.91 Å². The molecule has 1 aromatic carbocycles. The van der Waals surface area contributed by atoms with E-state index in [1.807, 2.05) is 10.8 Å². The molecule has 1 aliphatic heterocycles. The Balaban J connectivity index is 1.66. The summed E-state index contributed by atoms with van der Waals surface area (Å²) in [5.74, 6) is 0.130. The largest absolute Gasteiger partial charge is 0.354 e. The molecule has 0 saturated carbocycles. The third-order valence-electron chi connectivity index (χ3n) is 3.66. The zero-order chi connectivity index (χ0) is 13.9. The van der Waals surface area contributed by atoms with Gasteiger partial charge in [0, 0.05) is 43.1 Å². The summed E-state index contributed by atoms with van der Waals surface area (Å²) in [6.45, 7) is 2.84. The van der Waals surface area contributed by atoms with Crippen LogP contribution < -0.4 is 10.6 Å². The Bertz CT molecular complexity index is 576. The van der Waals surface area contributed by atoms with Crippen molar-refractivity contribution in [3.05, 3.63) is 48.5 Å². The first kappa shape index (κ1) is 12.9. The molecule has 20 heavy (non-hydrogen) atoms. The average Bonchev–Trinajstić information content (AvgIpc) is 3.11. The molecule has 0 radical (unpaired) electrons. The van der Waals surface area contributed by atoms with Gasteiger partial charge in [-0.1, -0.05) is 12.1 Å². The molecule has 104 valence electrons. The van der Waals surface area contributed by atoms with E-state index in [1.54, 1.807) is 12.5 Å². The molecule has 1 amide bonds. The fourth-order valence-electron chi connectivity index (χ4n) is 2.52. The van der Waals surface area contributed by atoms with Gasteiger partial charge in [0.1, 0.15) is 0 Å². The van der Waals surface area contributed by atoms with Crippen LogP contribution in [-0.4, -0.2) is 28.0 Å². The number of hydrogen-bond donors (Lipinski definition) is 2. The highest BCUT2D eigenvalue weighted by Crippen LogP contribution is 2.17. The van der Waals surface area contributed by atoms with Crippen molar-refractivity contribution < 1.29 is 4.79 Å². The SMILES string of the molecule is CC(NC1CNC(=O)C1)c1ccc(-n2ccnc2)cc1. The summed E-state index contributed by atoms with van der Waals surface area (Å²) in [6.07, 6.45) is 6.04. The fraction of sp³-hybridized carbons (Fsp3) is 0.333. The lowest BCUT2D eigenvalue weighted by Crippen LogP contribution is -2.33. The molecule has 5 nitrogen and oxygen atoms in total. The Morgan fingerprint density at radius 3 is 2.80 bits per heavy atom. The van der Waals surface area contributed by atoms with Crippen LogP contribution in [0.5, 0.6) is 0 Å². The van der Waals surface area contributed by atoms with Gasteiger partial charge in [0.2, 0.25) is 5.91 Å². The monoisotopic (exact) mass is 270 g/mol. The van der Waals surface area contributed by atoms with Crippen molar-refractivity contribution in [3.8, 4) is 5.69 Å². The van der Waals surface area contributed by atoms with E-state index < -0.39 is 0 Å². The van der Waals surface area contributed by atoms with Gasteiger partial charge in [-0.3, -0.25) is 4.79 Å². The summed E-state index contributed by atoms with van der Waals surface area (Å²) in [5.41, 5.74) is 2.31. The number of amides is 1. The van der Waals surface area contributed by atoms with Crippen LogP contribution in [0.15, 0.2) is 43.0 Å². The first-order valence-corrected chi connectivity index (χ1v) is 6.83. The number of benzene rings is 1. The normalized spacial score (nSPS) is 19.9. The molecule has 2 heterocycles. The zero-order valence-corrected chi connectivity index (χ0v) is 11.4. The lowest BCUT2D eigenvalue weighted by atomic mass is 10.1. The molecule has 5 heteroatoms. The molecule has 3 rings (SSSR count). The van der Waals surface area contributed by atoms with Crippen molar-refractivity contribution in [1.82, 2.24) is 20.2 Å². The number of hydrogen-bond acceptors (Lipinski definition) is 3. The molecule has 1 aliphatic rings. The van der Waals surface area contributed by atoms with E-state index in [0.29, 0.717) is 6.42 Å². The van der Waals surface area contributed by atoms with Crippen LogP contribution in [0.1, 0.15) is 24.9 Å². The van der Waals surface area contributed by atoms with E-state index in [9.17, 15) is 4.79 Å². The second-order valence-corrected chi connectivity index (χ2v) is 5.15. The lowest BCUT2D eigenvalue weighted by Gasteiger charge is -2.18. The summed E-state index contributed by atoms with van der Waals surface area (Å²) < 4.78 is 1.97. The highest BCUT2D eigenvalue weighted by molar-refractivity contribution is 5.78. The maximum Gasteiger partial charge on any atom is 0.221 e. The Hall–Kier alpha value is -2.14. The minimum atomic E-state index is 0.130. The highest BCUT2D eigenvalue weighted by Gasteiger charge is 2.22. The quantitative estimate of drug-likeness (QED) is 0.883. The third-order valence-corrected chi connectivity index (χ3v) is 3.66. The van der Waals surface area contributed by atoms with E-state index in [0.717, 1.165) is 12.2 Å². The number of imidazole rings is 1. The Labute approximate surface area is 118 Å². The van der Waals surface area contributed by atoms with Gasteiger partial charge in [-0.25, -0.2) is 4.98 Å². The van der Waals surface area contributed by atoms with Gasteiger partial charge in [-0.15, -0.1) is 0 Å². The maximum atomic E-state index is 11.2. The van der Waals surface area contributed by atoms with E-state index in [4.69, 9.17) is 0 Å². The van der Waals surface area contributed by atoms with Crippen LogP contribution in [0, 0.1) is 0 Å². The smallest absolute Gasteiger partial charge is 0.221 e. The highest BCUT2D eigenvalue weighted by atomic mass is 16.1. The summed E-state index contributed by atoms with van der Waals surface area (Å²) >= 11 is 0. The van der Waals surface area contributed by atoms with Gasteiger partial charge < -0.3 is 15.2 Å². The Morgan fingerprint density at radius 1 is 1.40 bits per heavy atom. The van der Waals surface area contributed by atoms with Crippen molar-refractivity contribution in [1.29, 1.82) is 0 Å². The summed E-state index contributed by atoms with van der Waals surface area (Å²) in [7, 11) is 0. The van der Waals surface area contributed by atoms with Crippen molar-refractivity contribution in [2.75, 3.05) is 6.54 Å². The molecule has 2 aromatic rings. The third kappa shape index (κ3) is 2.72. The number of rotatable bonds is 4. The maximum absolute atomic E-state index is 11.2. The van der Waals surface area contributed by atoms with Crippen LogP contribution in [-0.2, 0) is 4.79 Å². The van der Waals surface area contributed by atoms with E-state index >= 15 is 0 Å². The van der Waals surface area contributed by atoms with Gasteiger partial charge in [0.25, 0.3) is 0 Å². The standard InChI is InChI=1S/C15H18N4O/c1-11(18-13-8-15(20)17-9-13)12-2-4-14(5-3-12)19-7-6-16-10-19/h2-7,10-11,13,18H,8-9H2,1H3,(H,17,20). The molecular formula is C15H18N4O. The van der Waals surface area contributed by atoms with Crippen LogP contribution >= 0.6 is 0 Å². The van der Waals surface area contributed by atoms with Crippen LogP contribution in [0.25, 0.3) is 5.69 Å². The predicted octanol–water partition coefficient (Wildman–Crippen LogP) is 1.41. The molecule has 0 spiro atoms. The van der Waals surface area contributed by atoms with E-state index in [2.05, 4.69) is 46.8 Å². The molecule has 2 atom stereocenters. The topological polar surface area (TPSA) is 58.9 Å². The van der Waals surface area contributed by atoms with Gasteiger partial charge in [0.05, 0.1) is 6.33 Å². The second-order valence-electron chi connectivity index (χ2n) is 5.15. The number of nitrogens with zero attached hydrogens (tertiary/aromatic N) is 2. The average molecular weight is 270 g/mol. The number of carbonyl (C=O) groups is 1. The van der Waals surface area contributed by atoms with Crippen molar-refractivity contribution in [2.24, 2.45) is 0 Å². The van der Waals surface area contributed by atoms with Crippen LogP contribution in [0.4, 0.5) is 0 Å². The van der Waals surface area contributed by atoms with Crippen LogP contribution in [0.3, 0.4) is 0 Å². The number of nitrogens with one attached hydrogen (secondary N) is 2. The van der Waals surface area contributed by atoms with Gasteiger partial charge >= 0.3 is 0 Å². The fourth-order valence-corrected chi connectivity index (χ4v) is 2.52. The first-order valence-electron chi connectivity index (χ1n) is 6.83. The Kier molecular flexibility index (Phi) is 3.52. The predicted molar refractivity (Wildman–Crippen MR) is 76.5 cm³/mol. The molecule has 2 N–H and O–H groups in total. The summed E-state index contributed by atoms with van der Waals surface area (Å²) in [5, 5.41) is 6.32. The molecule has 0 bridgehead atoms. The lowest BCUT2D eigenvalue weighted by molar-refractivity contribution is -0.119. The summed E-state index contributed by atoms with van der Waals surface area (Å²) in [4.78, 5) is 15.2. The minimum Gasteiger partial charge on any atom is -0.354 e. The molecule has 2 unspecified atom stereocenters. The second kappa shape index (κ2) is 5.46. The van der Waals surface area contributed by atoms with E-state index in [1.165, 1.54) is 5.56 Å². The van der Waals surface area contributed by atoms with Gasteiger partial charge in [0.15, 0.2) is 0 Å². The minimum absolute atomic E-state index is 0.130. The number of aromatic nitrogens is 2. The molecular weight excluding hydrogens is 252 g/mol. The first-order chi connectivity index (χ1) is 9.72. The molecule has 1 saturated heterocycles. The van der Waals surface area contributed by atoms with Gasteiger partial charge in [-0.05, 0) is 24.6 Å². The molecule has 1 fully saturated rings. The molecule has 0 aliphatic carbocycles. The van der Waals surface area contributed by atoms with Crippen molar-refractivity contribution in [3.63, 3.8) is 0 Å².